The Morgan fingerprint density at radius 1 is 0.769 bits per heavy atom. The van der Waals surface area contributed by atoms with Gasteiger partial charge in [-0.1, -0.05) is 80.1 Å². The van der Waals surface area contributed by atoms with Crippen LogP contribution in [0.5, 0.6) is 0 Å². The van der Waals surface area contributed by atoms with Gasteiger partial charge in [0, 0.05) is 24.5 Å². The third-order valence-corrected chi connectivity index (χ3v) is 9.03. The normalized spacial score (nSPS) is 12.3. The number of nitrogens with zero attached hydrogens (tertiary/aromatic N) is 2. The zero-order valence-electron chi connectivity index (χ0n) is 24.9. The Kier molecular flexibility index (Phi) is 11.1. The van der Waals surface area contributed by atoms with Crippen molar-refractivity contribution < 1.29 is 8.78 Å². The topological polar surface area (TPSA) is 43.8 Å². The number of unbranched alkanes of at least 4 members (excludes halogenated alkanes) is 6. The summed E-state index contributed by atoms with van der Waals surface area (Å²) >= 11 is 0. The summed E-state index contributed by atoms with van der Waals surface area (Å²) in [5.74, 6) is 0.782. The first-order chi connectivity index (χ1) is 18.6. The summed E-state index contributed by atoms with van der Waals surface area (Å²) in [7, 11) is 0. The molecule has 3 aromatic rings. The van der Waals surface area contributed by atoms with Gasteiger partial charge < -0.3 is 10.3 Å². The molecule has 0 aliphatic carbocycles. The van der Waals surface area contributed by atoms with Crippen molar-refractivity contribution in [3.63, 3.8) is 0 Å². The van der Waals surface area contributed by atoms with Crippen LogP contribution in [0.15, 0.2) is 48.8 Å². The summed E-state index contributed by atoms with van der Waals surface area (Å²) < 4.78 is 31.7. The van der Waals surface area contributed by atoms with Gasteiger partial charge in [0.2, 0.25) is 0 Å². The zero-order chi connectivity index (χ0) is 28.6. The average Bonchev–Trinajstić information content (AvgIpc) is 3.30. The van der Waals surface area contributed by atoms with Crippen LogP contribution in [-0.4, -0.2) is 9.55 Å². The molecule has 3 rings (SSSR count). The molecule has 2 N–H and O–H groups in total. The number of nitrogens with two attached hydrogens (primary N) is 1. The Morgan fingerprint density at radius 2 is 1.36 bits per heavy atom. The van der Waals surface area contributed by atoms with Crippen LogP contribution in [0.1, 0.15) is 92.9 Å². The quantitative estimate of drug-likeness (QED) is 0.155. The summed E-state index contributed by atoms with van der Waals surface area (Å²) in [6.45, 7) is 15.0. The predicted molar refractivity (Wildman–Crippen MR) is 161 cm³/mol. The van der Waals surface area contributed by atoms with Crippen molar-refractivity contribution in [3.8, 4) is 22.5 Å². The van der Waals surface area contributed by atoms with Gasteiger partial charge in [0.25, 0.3) is 0 Å². The molecule has 0 aliphatic rings. The van der Waals surface area contributed by atoms with E-state index in [1.807, 2.05) is 22.8 Å². The molecule has 1 aromatic carbocycles. The van der Waals surface area contributed by atoms with E-state index >= 15 is 0 Å². The fraction of sp³-hybridized carbons (Fsp3) is 0.559. The number of rotatable bonds is 15. The standard InChI is InChI=1S/C34H49F2N3/c1-24(2)34(25(3)4,26(5)6)20-12-10-8-7-9-11-13-22-39-30(27-15-14-21-38-23-27)18-19-31(39)32-28(35)16-17-29(37)33(32)36/h14-19,21,23-26H,7-13,20,22,37H2,1-6H3. The SMILES string of the molecule is CC(C)C(CCCCCCCCCn1c(-c2cccnc2)ccc1-c1c(F)ccc(N)c1F)(C(C)C)C(C)C. The minimum absolute atomic E-state index is 0.0468. The largest absolute Gasteiger partial charge is 0.396 e. The van der Waals surface area contributed by atoms with Crippen LogP contribution in [0.2, 0.25) is 0 Å². The van der Waals surface area contributed by atoms with Crippen molar-refractivity contribution in [2.45, 2.75) is 99.5 Å². The Bertz CT molecular complexity index is 1140. The van der Waals surface area contributed by atoms with E-state index in [9.17, 15) is 8.78 Å². The molecule has 214 valence electrons. The van der Waals surface area contributed by atoms with Crippen LogP contribution < -0.4 is 5.73 Å². The molecule has 0 spiro atoms. The van der Waals surface area contributed by atoms with Gasteiger partial charge >= 0.3 is 0 Å². The van der Waals surface area contributed by atoms with Gasteiger partial charge in [-0.15, -0.1) is 0 Å². The Labute approximate surface area is 235 Å². The first-order valence-corrected chi connectivity index (χ1v) is 14.9. The molecular weight excluding hydrogens is 488 g/mol. The molecule has 0 radical (unpaired) electrons. The summed E-state index contributed by atoms with van der Waals surface area (Å²) in [5.41, 5.74) is 8.44. The van der Waals surface area contributed by atoms with Crippen LogP contribution in [0, 0.1) is 34.8 Å². The third-order valence-electron chi connectivity index (χ3n) is 9.03. The highest BCUT2D eigenvalue weighted by Gasteiger charge is 2.39. The maximum atomic E-state index is 14.9. The first-order valence-electron chi connectivity index (χ1n) is 14.9. The average molecular weight is 538 g/mol. The maximum absolute atomic E-state index is 14.9. The predicted octanol–water partition coefficient (Wildman–Crippen LogP) is 10.2. The molecule has 0 fully saturated rings. The fourth-order valence-electron chi connectivity index (χ4n) is 6.95. The van der Waals surface area contributed by atoms with Crippen LogP contribution in [0.4, 0.5) is 14.5 Å². The van der Waals surface area contributed by atoms with Gasteiger partial charge in [-0.25, -0.2) is 8.78 Å². The van der Waals surface area contributed by atoms with Crippen LogP contribution >= 0.6 is 0 Å². The van der Waals surface area contributed by atoms with Crippen molar-refractivity contribution >= 4 is 5.69 Å². The monoisotopic (exact) mass is 537 g/mol. The lowest BCUT2D eigenvalue weighted by Gasteiger charge is -2.45. The molecule has 3 nitrogen and oxygen atoms in total. The van der Waals surface area contributed by atoms with Gasteiger partial charge in [0.05, 0.1) is 22.6 Å². The number of nitrogen functional groups attached to an aromatic ring is 1. The molecule has 0 saturated heterocycles. The molecular formula is C34H49F2N3. The van der Waals surface area contributed by atoms with Crippen molar-refractivity contribution in [3.05, 3.63) is 60.4 Å². The molecule has 0 bridgehead atoms. The van der Waals surface area contributed by atoms with Gasteiger partial charge in [-0.05, 0) is 72.4 Å². The highest BCUT2D eigenvalue weighted by molar-refractivity contribution is 5.72. The van der Waals surface area contributed by atoms with Gasteiger partial charge in [-0.2, -0.15) is 0 Å². The van der Waals surface area contributed by atoms with E-state index in [1.54, 1.807) is 18.5 Å². The molecule has 2 heterocycles. The molecule has 0 aliphatic heterocycles. The van der Waals surface area contributed by atoms with E-state index in [0.29, 0.717) is 35.4 Å². The number of benzene rings is 1. The minimum atomic E-state index is -0.705. The number of pyridine rings is 1. The molecule has 0 amide bonds. The van der Waals surface area contributed by atoms with Crippen molar-refractivity contribution in [2.24, 2.45) is 23.2 Å². The summed E-state index contributed by atoms with van der Waals surface area (Å²) in [4.78, 5) is 4.24. The smallest absolute Gasteiger partial charge is 0.158 e. The van der Waals surface area contributed by atoms with E-state index in [2.05, 4.69) is 46.5 Å². The molecule has 0 atom stereocenters. The minimum Gasteiger partial charge on any atom is -0.396 e. The Hall–Kier alpha value is -2.69. The van der Waals surface area contributed by atoms with Crippen molar-refractivity contribution in [2.75, 3.05) is 5.73 Å². The number of aromatic nitrogens is 2. The lowest BCUT2D eigenvalue weighted by molar-refractivity contribution is 0.0356. The van der Waals surface area contributed by atoms with Gasteiger partial charge in [0.15, 0.2) is 5.82 Å². The highest BCUT2D eigenvalue weighted by atomic mass is 19.1. The second-order valence-electron chi connectivity index (χ2n) is 12.1. The molecule has 39 heavy (non-hydrogen) atoms. The zero-order valence-corrected chi connectivity index (χ0v) is 24.9. The summed E-state index contributed by atoms with van der Waals surface area (Å²) in [6, 6.07) is 10.1. The number of hydrogen-bond donors (Lipinski definition) is 1. The van der Waals surface area contributed by atoms with Gasteiger partial charge in [0.1, 0.15) is 5.82 Å². The van der Waals surface area contributed by atoms with Crippen LogP contribution in [0.25, 0.3) is 22.5 Å². The van der Waals surface area contributed by atoms with Gasteiger partial charge in [-0.3, -0.25) is 4.98 Å². The summed E-state index contributed by atoms with van der Waals surface area (Å²) in [6.07, 6.45) is 13.1. The number of anilines is 1. The lowest BCUT2D eigenvalue weighted by atomic mass is 9.60. The second kappa shape index (κ2) is 14.1. The van der Waals surface area contributed by atoms with E-state index < -0.39 is 11.6 Å². The lowest BCUT2D eigenvalue weighted by Crippen LogP contribution is -2.38. The Balaban J connectivity index is 1.58. The molecule has 0 unspecified atom stereocenters. The number of halogens is 2. The van der Waals surface area contributed by atoms with Crippen molar-refractivity contribution in [1.82, 2.24) is 9.55 Å². The van der Waals surface area contributed by atoms with E-state index in [-0.39, 0.29) is 11.3 Å². The first kappa shape index (κ1) is 30.8. The second-order valence-corrected chi connectivity index (χ2v) is 12.1. The van der Waals surface area contributed by atoms with E-state index in [1.165, 1.54) is 50.7 Å². The highest BCUT2D eigenvalue weighted by Crippen LogP contribution is 2.47. The molecule has 2 aromatic heterocycles. The third kappa shape index (κ3) is 7.10. The molecule has 0 saturated carbocycles. The van der Waals surface area contributed by atoms with Crippen LogP contribution in [-0.2, 0) is 6.54 Å². The Morgan fingerprint density at radius 3 is 1.95 bits per heavy atom. The maximum Gasteiger partial charge on any atom is 0.158 e. The van der Waals surface area contributed by atoms with E-state index in [4.69, 9.17) is 5.73 Å². The van der Waals surface area contributed by atoms with Crippen molar-refractivity contribution in [1.29, 1.82) is 0 Å². The number of hydrogen-bond acceptors (Lipinski definition) is 2. The van der Waals surface area contributed by atoms with E-state index in [0.717, 1.165) is 24.1 Å². The fourth-order valence-corrected chi connectivity index (χ4v) is 6.95. The van der Waals surface area contributed by atoms with Crippen LogP contribution in [0.3, 0.4) is 0 Å². The summed E-state index contributed by atoms with van der Waals surface area (Å²) in [5, 5.41) is 0. The molecule has 5 heteroatoms.